The van der Waals surface area contributed by atoms with Crippen molar-refractivity contribution in [2.45, 2.75) is 84.7 Å². The predicted molar refractivity (Wildman–Crippen MR) is 139 cm³/mol. The number of ketones is 1. The Hall–Kier alpha value is -2.99. The molecule has 1 saturated heterocycles. The highest BCUT2D eigenvalue weighted by atomic mass is 16.5. The number of aryl methyl sites for hydroxylation is 4. The third kappa shape index (κ3) is 5.32. The van der Waals surface area contributed by atoms with E-state index in [1.165, 1.54) is 40.5 Å². The van der Waals surface area contributed by atoms with Crippen molar-refractivity contribution in [3.8, 4) is 0 Å². The highest BCUT2D eigenvalue weighted by molar-refractivity contribution is 6.10. The molecule has 6 nitrogen and oxygen atoms in total. The number of Topliss-reactive ketones (excluding diaryl/α,β-unsaturated/α-hetero) is 1. The molecule has 5 rings (SSSR count). The van der Waals surface area contributed by atoms with Crippen LogP contribution in [-0.4, -0.2) is 35.8 Å². The lowest BCUT2D eigenvalue weighted by atomic mass is 9.75. The SMILES string of the molecule is C.C.COC(=O)C1(N)CCc2cccc(C)c2C1.Cc1cccc2c1CC1(CC2)NC(=O)CC1=O. The summed E-state index contributed by atoms with van der Waals surface area (Å²) in [6, 6.07) is 12.5. The van der Waals surface area contributed by atoms with Gasteiger partial charge in [-0.1, -0.05) is 51.3 Å². The van der Waals surface area contributed by atoms with Gasteiger partial charge in [-0.2, -0.15) is 0 Å². The van der Waals surface area contributed by atoms with E-state index < -0.39 is 11.1 Å². The molecule has 2 unspecified atom stereocenters. The maximum Gasteiger partial charge on any atom is 0.326 e. The van der Waals surface area contributed by atoms with E-state index >= 15 is 0 Å². The van der Waals surface area contributed by atoms with E-state index in [2.05, 4.69) is 55.6 Å². The Labute approximate surface area is 209 Å². The smallest absolute Gasteiger partial charge is 0.326 e. The van der Waals surface area contributed by atoms with Crippen LogP contribution in [0.4, 0.5) is 0 Å². The van der Waals surface area contributed by atoms with Crippen LogP contribution in [0.3, 0.4) is 0 Å². The monoisotopic (exact) mass is 480 g/mol. The van der Waals surface area contributed by atoms with Crippen LogP contribution in [0.2, 0.25) is 0 Å². The lowest BCUT2D eigenvalue weighted by Gasteiger charge is -2.34. The second-order valence-electron chi connectivity index (χ2n) is 9.66. The number of esters is 1. The average molecular weight is 481 g/mol. The number of carbonyl (C=O) groups excluding carboxylic acids is 3. The molecule has 2 aromatic carbocycles. The average Bonchev–Trinajstić information content (AvgIpc) is 3.07. The minimum absolute atomic E-state index is 0. The summed E-state index contributed by atoms with van der Waals surface area (Å²) < 4.78 is 4.78. The predicted octanol–water partition coefficient (Wildman–Crippen LogP) is 3.94. The van der Waals surface area contributed by atoms with E-state index in [1.807, 2.05) is 0 Å². The van der Waals surface area contributed by atoms with E-state index in [0.717, 1.165) is 19.3 Å². The van der Waals surface area contributed by atoms with Crippen LogP contribution in [-0.2, 0) is 44.8 Å². The van der Waals surface area contributed by atoms with Crippen LogP contribution in [0, 0.1) is 13.8 Å². The van der Waals surface area contributed by atoms with Crippen molar-refractivity contribution in [3.63, 3.8) is 0 Å². The van der Waals surface area contributed by atoms with Gasteiger partial charge in [-0.3, -0.25) is 14.4 Å². The van der Waals surface area contributed by atoms with Crippen LogP contribution in [0.25, 0.3) is 0 Å². The topological polar surface area (TPSA) is 98.5 Å². The summed E-state index contributed by atoms with van der Waals surface area (Å²) in [5, 5.41) is 2.90. The molecule has 0 bridgehead atoms. The van der Waals surface area contributed by atoms with Crippen molar-refractivity contribution in [3.05, 3.63) is 69.8 Å². The second kappa shape index (κ2) is 10.7. The van der Waals surface area contributed by atoms with Crippen molar-refractivity contribution >= 4 is 17.7 Å². The Morgan fingerprint density at radius 2 is 1.46 bits per heavy atom. The molecule has 190 valence electrons. The number of carbonyl (C=O) groups is 3. The summed E-state index contributed by atoms with van der Waals surface area (Å²) in [6.45, 7) is 4.13. The number of hydrogen-bond donors (Lipinski definition) is 2. The van der Waals surface area contributed by atoms with Gasteiger partial charge in [0.15, 0.2) is 5.78 Å². The number of benzene rings is 2. The van der Waals surface area contributed by atoms with Crippen LogP contribution < -0.4 is 11.1 Å². The molecule has 2 aliphatic carbocycles. The largest absolute Gasteiger partial charge is 0.468 e. The standard InChI is InChI=1S/C14H15NO2.C13H17NO2.2CH4/c1-9-3-2-4-10-5-6-14(8-11(9)10)12(16)7-13(17)15-14;1-9-4-3-5-10-6-7-13(14,8-11(9)10)12(15)16-2;;/h2-4H,5-8H2,1H3,(H,15,17);3-5H,6-8,14H2,1-2H3;2*1H4. The number of rotatable bonds is 1. The summed E-state index contributed by atoms with van der Waals surface area (Å²) in [4.78, 5) is 35.1. The summed E-state index contributed by atoms with van der Waals surface area (Å²) >= 11 is 0. The number of fused-ring (bicyclic) bond motifs is 2. The second-order valence-corrected chi connectivity index (χ2v) is 9.66. The fourth-order valence-electron chi connectivity index (χ4n) is 5.42. The first-order valence-corrected chi connectivity index (χ1v) is 11.5. The van der Waals surface area contributed by atoms with Crippen molar-refractivity contribution in [2.75, 3.05) is 7.11 Å². The normalized spacial score (nSPS) is 24.0. The van der Waals surface area contributed by atoms with Crippen molar-refractivity contribution < 1.29 is 19.1 Å². The third-order valence-electron chi connectivity index (χ3n) is 7.47. The minimum atomic E-state index is -0.839. The van der Waals surface area contributed by atoms with Crippen LogP contribution >= 0.6 is 0 Å². The molecule has 3 aliphatic rings. The Bertz CT molecular complexity index is 1130. The van der Waals surface area contributed by atoms with Crippen LogP contribution in [0.1, 0.15) is 67.5 Å². The zero-order chi connectivity index (χ0) is 23.8. The Kier molecular flexibility index (Phi) is 8.66. The first-order chi connectivity index (χ1) is 15.7. The number of methoxy groups -OCH3 is 1. The quantitative estimate of drug-likeness (QED) is 0.476. The molecule has 35 heavy (non-hydrogen) atoms. The lowest BCUT2D eigenvalue weighted by Crippen LogP contribution is -2.52. The molecule has 2 aromatic rings. The van der Waals surface area contributed by atoms with Crippen LogP contribution in [0.5, 0.6) is 0 Å². The van der Waals surface area contributed by atoms with Gasteiger partial charge in [-0.15, -0.1) is 0 Å². The van der Waals surface area contributed by atoms with E-state index in [9.17, 15) is 14.4 Å². The molecule has 0 aromatic heterocycles. The van der Waals surface area contributed by atoms with Crippen molar-refractivity contribution in [2.24, 2.45) is 5.73 Å². The molecule has 1 aliphatic heterocycles. The number of amides is 1. The maximum absolute atomic E-state index is 12.0. The van der Waals surface area contributed by atoms with Gasteiger partial charge in [0.25, 0.3) is 0 Å². The highest BCUT2D eigenvalue weighted by Crippen LogP contribution is 2.34. The minimum Gasteiger partial charge on any atom is -0.468 e. The van der Waals surface area contributed by atoms with Gasteiger partial charge in [0.2, 0.25) is 5.91 Å². The molecule has 3 N–H and O–H groups in total. The summed E-state index contributed by atoms with van der Waals surface area (Å²) in [7, 11) is 1.39. The highest BCUT2D eigenvalue weighted by Gasteiger charge is 2.47. The van der Waals surface area contributed by atoms with Gasteiger partial charge in [0.05, 0.1) is 13.5 Å². The molecule has 0 radical (unpaired) electrons. The zero-order valence-corrected chi connectivity index (χ0v) is 19.6. The number of hydrogen-bond acceptors (Lipinski definition) is 5. The Balaban J connectivity index is 0.000000234. The molecule has 2 atom stereocenters. The molecule has 1 fully saturated rings. The maximum atomic E-state index is 12.0. The summed E-state index contributed by atoms with van der Waals surface area (Å²) in [5.74, 6) is -0.357. The number of ether oxygens (including phenoxy) is 1. The van der Waals surface area contributed by atoms with Gasteiger partial charge in [-0.05, 0) is 72.9 Å². The molecular formula is C29H40N2O4. The van der Waals surface area contributed by atoms with E-state index in [-0.39, 0.29) is 38.9 Å². The molecule has 6 heteroatoms. The van der Waals surface area contributed by atoms with E-state index in [4.69, 9.17) is 10.5 Å². The Morgan fingerprint density at radius 1 is 0.914 bits per heavy atom. The van der Waals surface area contributed by atoms with Crippen molar-refractivity contribution in [1.29, 1.82) is 0 Å². The summed E-state index contributed by atoms with van der Waals surface area (Å²) in [6.07, 6.45) is 4.44. The molecule has 0 saturated carbocycles. The van der Waals surface area contributed by atoms with E-state index in [0.29, 0.717) is 19.3 Å². The van der Waals surface area contributed by atoms with E-state index in [1.54, 1.807) is 0 Å². The van der Waals surface area contributed by atoms with Gasteiger partial charge in [-0.25, -0.2) is 0 Å². The van der Waals surface area contributed by atoms with Crippen LogP contribution in [0.15, 0.2) is 36.4 Å². The molecular weight excluding hydrogens is 440 g/mol. The fourth-order valence-corrected chi connectivity index (χ4v) is 5.42. The molecule has 1 amide bonds. The number of nitrogens with one attached hydrogen (secondary N) is 1. The first kappa shape index (κ1) is 28.2. The van der Waals surface area contributed by atoms with Gasteiger partial charge < -0.3 is 15.8 Å². The summed E-state index contributed by atoms with van der Waals surface area (Å²) in [5.41, 5.74) is 12.2. The number of nitrogens with two attached hydrogens (primary N) is 1. The lowest BCUT2D eigenvalue weighted by molar-refractivity contribution is -0.147. The Morgan fingerprint density at radius 3 is 1.97 bits per heavy atom. The fraction of sp³-hybridized carbons (Fsp3) is 0.483. The van der Waals surface area contributed by atoms with Gasteiger partial charge in [0, 0.05) is 12.8 Å². The molecule has 1 spiro atoms. The van der Waals surface area contributed by atoms with Gasteiger partial charge >= 0.3 is 5.97 Å². The third-order valence-corrected chi connectivity index (χ3v) is 7.47. The van der Waals surface area contributed by atoms with Crippen molar-refractivity contribution in [1.82, 2.24) is 5.32 Å². The zero-order valence-electron chi connectivity index (χ0n) is 19.6. The first-order valence-electron chi connectivity index (χ1n) is 11.5. The van der Waals surface area contributed by atoms with Gasteiger partial charge in [0.1, 0.15) is 11.1 Å². The molecule has 1 heterocycles.